The van der Waals surface area contributed by atoms with Gasteiger partial charge in [-0.05, 0) is 47.0 Å². The van der Waals surface area contributed by atoms with Gasteiger partial charge in [0.2, 0.25) is 0 Å². The van der Waals surface area contributed by atoms with E-state index in [1.54, 1.807) is 0 Å². The molecular formula is C39H28N2O. The van der Waals surface area contributed by atoms with Gasteiger partial charge in [-0.3, -0.25) is 4.99 Å². The van der Waals surface area contributed by atoms with Crippen LogP contribution in [0.5, 0.6) is 11.5 Å². The van der Waals surface area contributed by atoms with Crippen molar-refractivity contribution in [2.75, 3.05) is 5.32 Å². The summed E-state index contributed by atoms with van der Waals surface area (Å²) in [5.74, 6) is 1.73. The lowest BCUT2D eigenvalue weighted by Gasteiger charge is -2.41. The van der Waals surface area contributed by atoms with E-state index >= 15 is 0 Å². The standard InChI is InChI=1S/C39H28N2O/c1-4-14-27(15-5-1)38-40-34-22-12-10-20-31(34)37(41-38)28-24-25-36-33(26-28)39(29-16-6-2-7-17-29,30-18-8-3-9-19-30)32-21-11-13-23-35(32)42-36/h1-26,38,40H. The molecule has 0 radical (unpaired) electrons. The minimum atomic E-state index is -0.575. The van der Waals surface area contributed by atoms with Crippen LogP contribution in [0.4, 0.5) is 5.69 Å². The van der Waals surface area contributed by atoms with Crippen LogP contribution in [0.25, 0.3) is 0 Å². The number of nitrogens with zero attached hydrogens (tertiary/aromatic N) is 1. The number of anilines is 1. The van der Waals surface area contributed by atoms with E-state index in [2.05, 4.69) is 151 Å². The summed E-state index contributed by atoms with van der Waals surface area (Å²) in [7, 11) is 0. The topological polar surface area (TPSA) is 33.6 Å². The monoisotopic (exact) mass is 540 g/mol. The maximum atomic E-state index is 6.63. The van der Waals surface area contributed by atoms with Gasteiger partial charge in [-0.2, -0.15) is 0 Å². The summed E-state index contributed by atoms with van der Waals surface area (Å²) in [6, 6.07) is 55.4. The second kappa shape index (κ2) is 9.90. The normalized spacial score (nSPS) is 16.1. The zero-order valence-electron chi connectivity index (χ0n) is 22.9. The molecule has 8 rings (SSSR count). The fourth-order valence-electron chi connectivity index (χ4n) is 6.57. The van der Waals surface area contributed by atoms with E-state index < -0.39 is 5.41 Å². The molecule has 6 aromatic rings. The third-order valence-corrected chi connectivity index (χ3v) is 8.43. The van der Waals surface area contributed by atoms with E-state index in [9.17, 15) is 0 Å². The average Bonchev–Trinajstić information content (AvgIpc) is 3.07. The van der Waals surface area contributed by atoms with Crippen molar-refractivity contribution in [3.05, 3.63) is 197 Å². The lowest BCUT2D eigenvalue weighted by atomic mass is 9.63. The number of aliphatic imine (C=N–C) groups is 1. The Balaban J connectivity index is 1.41. The van der Waals surface area contributed by atoms with Gasteiger partial charge in [0, 0.05) is 27.9 Å². The minimum absolute atomic E-state index is 0.183. The van der Waals surface area contributed by atoms with Crippen molar-refractivity contribution in [2.45, 2.75) is 11.6 Å². The molecule has 0 saturated carbocycles. The first-order valence-electron chi connectivity index (χ1n) is 14.3. The predicted octanol–water partition coefficient (Wildman–Crippen LogP) is 9.14. The van der Waals surface area contributed by atoms with Crippen LogP contribution in [-0.2, 0) is 5.41 Å². The van der Waals surface area contributed by atoms with Crippen molar-refractivity contribution < 1.29 is 4.74 Å². The van der Waals surface area contributed by atoms with Crippen molar-refractivity contribution in [1.29, 1.82) is 0 Å². The van der Waals surface area contributed by atoms with Crippen LogP contribution in [0.2, 0.25) is 0 Å². The Morgan fingerprint density at radius 1 is 0.548 bits per heavy atom. The van der Waals surface area contributed by atoms with Crippen LogP contribution in [0.15, 0.2) is 163 Å². The fourth-order valence-corrected chi connectivity index (χ4v) is 6.57. The Labute approximate surface area is 245 Å². The first kappa shape index (κ1) is 24.4. The second-order valence-corrected chi connectivity index (χ2v) is 10.8. The zero-order valence-corrected chi connectivity index (χ0v) is 22.9. The first-order valence-corrected chi connectivity index (χ1v) is 14.3. The van der Waals surface area contributed by atoms with E-state index in [0.29, 0.717) is 0 Å². The number of fused-ring (bicyclic) bond motifs is 3. The molecule has 3 heteroatoms. The highest BCUT2D eigenvalue weighted by molar-refractivity contribution is 6.17. The van der Waals surface area contributed by atoms with E-state index in [-0.39, 0.29) is 6.17 Å². The van der Waals surface area contributed by atoms with Crippen LogP contribution in [0, 0.1) is 0 Å². The van der Waals surface area contributed by atoms with Gasteiger partial charge in [0.1, 0.15) is 17.7 Å². The van der Waals surface area contributed by atoms with Crippen molar-refractivity contribution in [3.63, 3.8) is 0 Å². The molecule has 200 valence electrons. The molecule has 0 bridgehead atoms. The van der Waals surface area contributed by atoms with Gasteiger partial charge in [0.05, 0.1) is 11.1 Å². The molecule has 0 fully saturated rings. The van der Waals surface area contributed by atoms with Gasteiger partial charge >= 0.3 is 0 Å². The summed E-state index contributed by atoms with van der Waals surface area (Å²) >= 11 is 0. The van der Waals surface area contributed by atoms with Gasteiger partial charge in [0.15, 0.2) is 0 Å². The molecule has 2 aliphatic heterocycles. The number of nitrogens with one attached hydrogen (secondary N) is 1. The molecule has 2 heterocycles. The number of hydrogen-bond donors (Lipinski definition) is 1. The number of hydrogen-bond acceptors (Lipinski definition) is 3. The van der Waals surface area contributed by atoms with Crippen LogP contribution in [-0.4, -0.2) is 5.71 Å². The van der Waals surface area contributed by atoms with E-state index in [1.807, 2.05) is 12.1 Å². The van der Waals surface area contributed by atoms with E-state index in [0.717, 1.165) is 50.7 Å². The molecule has 0 amide bonds. The summed E-state index contributed by atoms with van der Waals surface area (Å²) in [4.78, 5) is 5.31. The Morgan fingerprint density at radius 2 is 1.14 bits per heavy atom. The quantitative estimate of drug-likeness (QED) is 0.241. The van der Waals surface area contributed by atoms with Crippen LogP contribution in [0.1, 0.15) is 45.1 Å². The van der Waals surface area contributed by atoms with Crippen molar-refractivity contribution in [2.24, 2.45) is 4.99 Å². The Bertz CT molecular complexity index is 1890. The minimum Gasteiger partial charge on any atom is -0.457 e. The Hall–Kier alpha value is -5.41. The molecule has 1 atom stereocenters. The largest absolute Gasteiger partial charge is 0.457 e. The summed E-state index contributed by atoms with van der Waals surface area (Å²) in [5.41, 5.74) is 9.36. The SMILES string of the molecule is c1ccc(C2N=C(c3ccc4c(c3)C(c3ccccc3)(c3ccccc3)c3ccccc3O4)c3ccccc3N2)cc1. The molecule has 2 aliphatic rings. The summed E-state index contributed by atoms with van der Waals surface area (Å²) in [6.07, 6.45) is -0.183. The lowest BCUT2D eigenvalue weighted by Crippen LogP contribution is -2.34. The molecule has 1 N–H and O–H groups in total. The molecule has 42 heavy (non-hydrogen) atoms. The smallest absolute Gasteiger partial charge is 0.145 e. The van der Waals surface area contributed by atoms with Gasteiger partial charge in [0.25, 0.3) is 0 Å². The average molecular weight is 541 g/mol. The van der Waals surface area contributed by atoms with Crippen molar-refractivity contribution in [3.8, 4) is 11.5 Å². The van der Waals surface area contributed by atoms with Crippen LogP contribution in [0.3, 0.4) is 0 Å². The highest BCUT2D eigenvalue weighted by atomic mass is 16.5. The first-order chi connectivity index (χ1) is 20.8. The molecule has 6 aromatic carbocycles. The van der Waals surface area contributed by atoms with Gasteiger partial charge < -0.3 is 10.1 Å². The number of rotatable bonds is 4. The van der Waals surface area contributed by atoms with Crippen LogP contribution >= 0.6 is 0 Å². The number of benzene rings is 6. The van der Waals surface area contributed by atoms with Crippen LogP contribution < -0.4 is 10.1 Å². The van der Waals surface area contributed by atoms with E-state index in [1.165, 1.54) is 11.1 Å². The summed E-state index contributed by atoms with van der Waals surface area (Å²) in [6.45, 7) is 0. The molecule has 0 aromatic heterocycles. The summed E-state index contributed by atoms with van der Waals surface area (Å²) < 4.78 is 6.63. The Kier molecular flexibility index (Phi) is 5.75. The summed E-state index contributed by atoms with van der Waals surface area (Å²) in [5, 5.41) is 3.64. The van der Waals surface area contributed by atoms with Crippen molar-refractivity contribution >= 4 is 11.4 Å². The molecule has 1 unspecified atom stereocenters. The van der Waals surface area contributed by atoms with E-state index in [4.69, 9.17) is 9.73 Å². The second-order valence-electron chi connectivity index (χ2n) is 10.8. The maximum absolute atomic E-state index is 6.63. The lowest BCUT2D eigenvalue weighted by molar-refractivity contribution is 0.434. The molecule has 0 saturated heterocycles. The highest BCUT2D eigenvalue weighted by Crippen LogP contribution is 2.55. The van der Waals surface area contributed by atoms with Gasteiger partial charge in [-0.25, -0.2) is 0 Å². The van der Waals surface area contributed by atoms with Crippen molar-refractivity contribution in [1.82, 2.24) is 0 Å². The van der Waals surface area contributed by atoms with Gasteiger partial charge in [-0.1, -0.05) is 127 Å². The molecule has 3 nitrogen and oxygen atoms in total. The zero-order chi connectivity index (χ0) is 27.9. The third kappa shape index (κ3) is 3.78. The predicted molar refractivity (Wildman–Crippen MR) is 170 cm³/mol. The molecular weight excluding hydrogens is 512 g/mol. The number of ether oxygens (including phenoxy) is 1. The highest BCUT2D eigenvalue weighted by Gasteiger charge is 2.45. The van der Waals surface area contributed by atoms with Gasteiger partial charge in [-0.15, -0.1) is 0 Å². The Morgan fingerprint density at radius 3 is 1.88 bits per heavy atom. The third-order valence-electron chi connectivity index (χ3n) is 8.43. The fraction of sp³-hybridized carbons (Fsp3) is 0.0513. The number of para-hydroxylation sites is 2. The molecule has 0 spiro atoms. The maximum Gasteiger partial charge on any atom is 0.145 e. The molecule has 0 aliphatic carbocycles.